The molecule has 0 heterocycles. The minimum Gasteiger partial charge on any atom is -0.481 e. The van der Waals surface area contributed by atoms with Crippen molar-refractivity contribution in [3.63, 3.8) is 0 Å². The highest BCUT2D eigenvalue weighted by Gasteiger charge is 2.01. The highest BCUT2D eigenvalue weighted by molar-refractivity contribution is 5.66. The third-order valence-electron chi connectivity index (χ3n) is 3.38. The van der Waals surface area contributed by atoms with Crippen LogP contribution in [0.4, 0.5) is 0 Å². The molecular formula is C17H30O4. The van der Waals surface area contributed by atoms with E-state index >= 15 is 0 Å². The molecule has 0 rings (SSSR count). The summed E-state index contributed by atoms with van der Waals surface area (Å²) in [7, 11) is 0. The second kappa shape index (κ2) is 13.7. The Morgan fingerprint density at radius 2 is 1.76 bits per heavy atom. The maximum Gasteiger partial charge on any atom is 0.303 e. The van der Waals surface area contributed by atoms with E-state index in [1.165, 1.54) is 19.8 Å². The molecule has 0 amide bonds. The first-order chi connectivity index (χ1) is 10.0. The van der Waals surface area contributed by atoms with Crippen LogP contribution in [0, 0.1) is 5.92 Å². The maximum absolute atomic E-state index is 10.6. The van der Waals surface area contributed by atoms with E-state index in [9.17, 15) is 9.59 Å². The molecule has 0 bridgehead atoms. The fourth-order valence-electron chi connectivity index (χ4n) is 2.04. The standard InChI is InChI=1S/C17H30O4/c1-15(13-14-21-16(2)18)11-9-7-5-3-4-6-8-10-12-17(19)20/h7,9,15H,3-6,8,10-14H2,1-2H3,(H,19,20)/b9-7-. The van der Waals surface area contributed by atoms with Crippen molar-refractivity contribution in [2.75, 3.05) is 6.61 Å². The highest BCUT2D eigenvalue weighted by Crippen LogP contribution is 2.11. The molecule has 0 saturated carbocycles. The Bertz CT molecular complexity index is 310. The lowest BCUT2D eigenvalue weighted by molar-refractivity contribution is -0.141. The molecule has 4 heteroatoms. The third kappa shape index (κ3) is 16.6. The lowest BCUT2D eigenvalue weighted by Gasteiger charge is -2.08. The van der Waals surface area contributed by atoms with E-state index in [4.69, 9.17) is 9.84 Å². The van der Waals surface area contributed by atoms with Gasteiger partial charge in [0.1, 0.15) is 0 Å². The molecule has 0 radical (unpaired) electrons. The number of hydrogen-bond acceptors (Lipinski definition) is 3. The number of carbonyl (C=O) groups is 2. The largest absolute Gasteiger partial charge is 0.481 e. The predicted molar refractivity (Wildman–Crippen MR) is 84.1 cm³/mol. The Hall–Kier alpha value is -1.32. The Morgan fingerprint density at radius 1 is 1.10 bits per heavy atom. The predicted octanol–water partition coefficient (Wildman–Crippen LogP) is 4.34. The summed E-state index contributed by atoms with van der Waals surface area (Å²) in [6.07, 6.45) is 13.0. The monoisotopic (exact) mass is 298 g/mol. The molecule has 0 spiro atoms. The molecular weight excluding hydrogens is 268 g/mol. The third-order valence-corrected chi connectivity index (χ3v) is 3.38. The molecule has 0 aromatic heterocycles. The van der Waals surface area contributed by atoms with Crippen molar-refractivity contribution in [3.05, 3.63) is 12.2 Å². The number of aliphatic carboxylic acids is 1. The van der Waals surface area contributed by atoms with Gasteiger partial charge in [-0.2, -0.15) is 0 Å². The molecule has 21 heavy (non-hydrogen) atoms. The summed E-state index contributed by atoms with van der Waals surface area (Å²) in [6.45, 7) is 4.11. The van der Waals surface area contributed by atoms with E-state index in [0.29, 0.717) is 18.9 Å². The number of carboxylic acid groups (broad SMARTS) is 1. The summed E-state index contributed by atoms with van der Waals surface area (Å²) in [6, 6.07) is 0. The zero-order chi connectivity index (χ0) is 15.9. The van der Waals surface area contributed by atoms with Gasteiger partial charge in [0.05, 0.1) is 6.61 Å². The van der Waals surface area contributed by atoms with E-state index in [2.05, 4.69) is 19.1 Å². The van der Waals surface area contributed by atoms with Gasteiger partial charge in [0, 0.05) is 13.3 Å². The number of carboxylic acids is 1. The fourth-order valence-corrected chi connectivity index (χ4v) is 2.04. The molecule has 0 saturated heterocycles. The number of esters is 1. The summed E-state index contributed by atoms with van der Waals surface area (Å²) in [5.74, 6) is -0.363. The van der Waals surface area contributed by atoms with E-state index in [0.717, 1.165) is 38.5 Å². The van der Waals surface area contributed by atoms with Crippen LogP contribution in [0.1, 0.15) is 71.6 Å². The van der Waals surface area contributed by atoms with Gasteiger partial charge in [-0.05, 0) is 38.0 Å². The highest BCUT2D eigenvalue weighted by atomic mass is 16.5. The van der Waals surface area contributed by atoms with Gasteiger partial charge >= 0.3 is 11.9 Å². The zero-order valence-electron chi connectivity index (χ0n) is 13.5. The molecule has 0 fully saturated rings. The molecule has 0 aliphatic carbocycles. The lowest BCUT2D eigenvalue weighted by Crippen LogP contribution is -2.04. The van der Waals surface area contributed by atoms with Crippen LogP contribution in [0.2, 0.25) is 0 Å². The van der Waals surface area contributed by atoms with Crippen molar-refractivity contribution >= 4 is 11.9 Å². The second-order valence-corrected chi connectivity index (χ2v) is 5.64. The van der Waals surface area contributed by atoms with Gasteiger partial charge in [-0.15, -0.1) is 0 Å². The summed E-state index contributed by atoms with van der Waals surface area (Å²) in [4.78, 5) is 20.9. The maximum atomic E-state index is 10.6. The number of hydrogen-bond donors (Lipinski definition) is 1. The van der Waals surface area contributed by atoms with Crippen LogP contribution < -0.4 is 0 Å². The van der Waals surface area contributed by atoms with Gasteiger partial charge < -0.3 is 9.84 Å². The van der Waals surface area contributed by atoms with Gasteiger partial charge in [0.25, 0.3) is 0 Å². The first-order valence-corrected chi connectivity index (χ1v) is 8.02. The number of allylic oxidation sites excluding steroid dienone is 2. The van der Waals surface area contributed by atoms with Crippen molar-refractivity contribution < 1.29 is 19.4 Å². The molecule has 1 atom stereocenters. The van der Waals surface area contributed by atoms with E-state index in [1.54, 1.807) is 0 Å². The number of carbonyl (C=O) groups excluding carboxylic acids is 1. The molecule has 0 aromatic carbocycles. The molecule has 122 valence electrons. The number of rotatable bonds is 13. The van der Waals surface area contributed by atoms with Gasteiger partial charge in [-0.25, -0.2) is 0 Å². The molecule has 0 aromatic rings. The van der Waals surface area contributed by atoms with Crippen LogP contribution in [-0.2, 0) is 14.3 Å². The smallest absolute Gasteiger partial charge is 0.303 e. The SMILES string of the molecule is CC(=O)OCCC(C)C/C=C\CCCCCCCC(=O)O. The Balaban J connectivity index is 3.31. The minimum atomic E-state index is -0.694. The zero-order valence-corrected chi connectivity index (χ0v) is 13.5. The van der Waals surface area contributed by atoms with E-state index in [-0.39, 0.29) is 5.97 Å². The number of ether oxygens (including phenoxy) is 1. The van der Waals surface area contributed by atoms with Crippen molar-refractivity contribution in [2.24, 2.45) is 5.92 Å². The van der Waals surface area contributed by atoms with Crippen LogP contribution in [0.25, 0.3) is 0 Å². The first-order valence-electron chi connectivity index (χ1n) is 8.02. The fraction of sp³-hybridized carbons (Fsp3) is 0.765. The van der Waals surface area contributed by atoms with Crippen LogP contribution in [-0.4, -0.2) is 23.7 Å². The molecule has 0 aliphatic rings. The second-order valence-electron chi connectivity index (χ2n) is 5.64. The molecule has 4 nitrogen and oxygen atoms in total. The Labute approximate surface area is 128 Å². The molecule has 1 unspecified atom stereocenters. The molecule has 1 N–H and O–H groups in total. The average Bonchev–Trinajstić information content (AvgIpc) is 2.40. The topological polar surface area (TPSA) is 63.6 Å². The average molecular weight is 298 g/mol. The van der Waals surface area contributed by atoms with Crippen molar-refractivity contribution in [3.8, 4) is 0 Å². The van der Waals surface area contributed by atoms with Crippen LogP contribution in [0.5, 0.6) is 0 Å². The van der Waals surface area contributed by atoms with Crippen molar-refractivity contribution in [1.82, 2.24) is 0 Å². The Kier molecular flexibility index (Phi) is 12.8. The minimum absolute atomic E-state index is 0.207. The normalized spacial score (nSPS) is 12.5. The van der Waals surface area contributed by atoms with Gasteiger partial charge in [0.2, 0.25) is 0 Å². The summed E-state index contributed by atoms with van der Waals surface area (Å²) in [5, 5.41) is 8.51. The summed E-state index contributed by atoms with van der Waals surface area (Å²) < 4.78 is 4.92. The molecule has 0 aliphatic heterocycles. The van der Waals surface area contributed by atoms with Gasteiger partial charge in [0.15, 0.2) is 0 Å². The van der Waals surface area contributed by atoms with Gasteiger partial charge in [-0.1, -0.05) is 38.3 Å². The first kappa shape index (κ1) is 19.7. The van der Waals surface area contributed by atoms with Crippen molar-refractivity contribution in [2.45, 2.75) is 71.6 Å². The van der Waals surface area contributed by atoms with Crippen molar-refractivity contribution in [1.29, 1.82) is 0 Å². The van der Waals surface area contributed by atoms with E-state index in [1.807, 2.05) is 0 Å². The van der Waals surface area contributed by atoms with Gasteiger partial charge in [-0.3, -0.25) is 9.59 Å². The van der Waals surface area contributed by atoms with E-state index < -0.39 is 5.97 Å². The quantitative estimate of drug-likeness (QED) is 0.312. The van der Waals surface area contributed by atoms with Crippen LogP contribution in [0.15, 0.2) is 12.2 Å². The Morgan fingerprint density at radius 3 is 2.43 bits per heavy atom. The summed E-state index contributed by atoms with van der Waals surface area (Å²) in [5.41, 5.74) is 0. The summed E-state index contributed by atoms with van der Waals surface area (Å²) >= 11 is 0. The van der Waals surface area contributed by atoms with Crippen LogP contribution >= 0.6 is 0 Å². The van der Waals surface area contributed by atoms with Crippen LogP contribution in [0.3, 0.4) is 0 Å². The number of unbranched alkanes of at least 4 members (excludes halogenated alkanes) is 5. The lowest BCUT2D eigenvalue weighted by atomic mass is 10.0.